The third-order valence-corrected chi connectivity index (χ3v) is 8.09. The molecule has 4 nitrogen and oxygen atoms in total. The second kappa shape index (κ2) is 10.1. The molecule has 0 aliphatic carbocycles. The number of piperazine rings is 1. The van der Waals surface area contributed by atoms with Crippen LogP contribution >= 0.6 is 15.9 Å². The molecule has 1 aliphatic heterocycles. The highest BCUT2D eigenvalue weighted by molar-refractivity contribution is 9.10. The molecule has 3 aromatic carbocycles. The predicted octanol–water partition coefficient (Wildman–Crippen LogP) is 4.63. The second-order valence-corrected chi connectivity index (χ2v) is 10.9. The molecule has 0 radical (unpaired) electrons. The van der Waals surface area contributed by atoms with E-state index in [4.69, 9.17) is 0 Å². The highest BCUT2D eigenvalue weighted by Gasteiger charge is 2.27. The van der Waals surface area contributed by atoms with Gasteiger partial charge in [0.05, 0.1) is 16.7 Å². The van der Waals surface area contributed by atoms with Crippen molar-refractivity contribution in [3.05, 3.63) is 101 Å². The number of rotatable bonds is 7. The number of nitrogens with zero attached hydrogens (tertiary/aromatic N) is 2. The summed E-state index contributed by atoms with van der Waals surface area (Å²) >= 11 is 3.36. The minimum Gasteiger partial charge on any atom is -0.300 e. The molecule has 1 fully saturated rings. The van der Waals surface area contributed by atoms with Gasteiger partial charge in [-0.3, -0.25) is 9.80 Å². The van der Waals surface area contributed by atoms with Crippen molar-refractivity contribution in [2.75, 3.05) is 38.5 Å². The van der Waals surface area contributed by atoms with E-state index in [1.807, 2.05) is 0 Å². The molecule has 0 spiro atoms. The van der Waals surface area contributed by atoms with Crippen LogP contribution in [0.3, 0.4) is 0 Å². The van der Waals surface area contributed by atoms with E-state index in [0.29, 0.717) is 11.4 Å². The van der Waals surface area contributed by atoms with Crippen LogP contribution in [-0.2, 0) is 9.84 Å². The van der Waals surface area contributed by atoms with E-state index in [-0.39, 0.29) is 11.8 Å². The summed E-state index contributed by atoms with van der Waals surface area (Å²) in [4.78, 5) is 5.16. The fraction of sp³-hybridized carbons (Fsp3) is 0.280. The Kier molecular flexibility index (Phi) is 7.23. The van der Waals surface area contributed by atoms with Gasteiger partial charge in [0.25, 0.3) is 0 Å². The Balaban J connectivity index is 1.39. The zero-order chi connectivity index (χ0) is 21.7. The molecule has 1 aliphatic rings. The molecule has 0 atom stereocenters. The van der Waals surface area contributed by atoms with Crippen LogP contribution in [0.5, 0.6) is 0 Å². The van der Waals surface area contributed by atoms with Gasteiger partial charge in [0.1, 0.15) is 0 Å². The maximum Gasteiger partial charge on any atom is 0.179 e. The summed E-state index contributed by atoms with van der Waals surface area (Å²) in [7, 11) is -3.27. The Hall–Kier alpha value is -1.99. The Morgan fingerprint density at radius 3 is 1.77 bits per heavy atom. The molecule has 0 bridgehead atoms. The van der Waals surface area contributed by atoms with Gasteiger partial charge in [-0.15, -0.1) is 0 Å². The largest absolute Gasteiger partial charge is 0.300 e. The number of hydrogen-bond acceptors (Lipinski definition) is 4. The van der Waals surface area contributed by atoms with Gasteiger partial charge in [-0.1, -0.05) is 76.6 Å². The molecule has 0 aromatic heterocycles. The van der Waals surface area contributed by atoms with E-state index in [9.17, 15) is 8.42 Å². The zero-order valence-corrected chi connectivity index (χ0v) is 19.8. The first kappa shape index (κ1) is 22.2. The number of sulfone groups is 1. The van der Waals surface area contributed by atoms with E-state index < -0.39 is 9.84 Å². The molecule has 1 heterocycles. The van der Waals surface area contributed by atoms with Crippen LogP contribution in [0.2, 0.25) is 0 Å². The second-order valence-electron chi connectivity index (χ2n) is 7.87. The van der Waals surface area contributed by atoms with Crippen molar-refractivity contribution < 1.29 is 8.42 Å². The van der Waals surface area contributed by atoms with E-state index in [2.05, 4.69) is 86.4 Å². The SMILES string of the molecule is O=S(=O)(CCN1CCN(C(c2ccccc2)c2ccccc2)CC1)c1ccc(Br)cc1. The fourth-order valence-corrected chi connectivity index (χ4v) is 5.69. The highest BCUT2D eigenvalue weighted by atomic mass is 79.9. The molecule has 0 unspecified atom stereocenters. The van der Waals surface area contributed by atoms with Gasteiger partial charge in [-0.2, -0.15) is 0 Å². The normalized spacial score (nSPS) is 15.9. The first-order valence-corrected chi connectivity index (χ1v) is 13.0. The van der Waals surface area contributed by atoms with Gasteiger partial charge in [0.15, 0.2) is 9.84 Å². The first-order valence-electron chi connectivity index (χ1n) is 10.6. The molecule has 0 amide bonds. The van der Waals surface area contributed by atoms with Crippen molar-refractivity contribution in [3.8, 4) is 0 Å². The van der Waals surface area contributed by atoms with Crippen molar-refractivity contribution in [2.45, 2.75) is 10.9 Å². The third kappa shape index (κ3) is 5.63. The monoisotopic (exact) mass is 498 g/mol. The van der Waals surface area contributed by atoms with Crippen molar-refractivity contribution in [2.24, 2.45) is 0 Å². The van der Waals surface area contributed by atoms with Crippen molar-refractivity contribution in [1.82, 2.24) is 9.80 Å². The van der Waals surface area contributed by atoms with Gasteiger partial charge in [0, 0.05) is 37.2 Å². The maximum atomic E-state index is 12.7. The quantitative estimate of drug-likeness (QED) is 0.476. The molecule has 162 valence electrons. The van der Waals surface area contributed by atoms with Crippen LogP contribution in [0.1, 0.15) is 17.2 Å². The highest BCUT2D eigenvalue weighted by Crippen LogP contribution is 2.29. The summed E-state index contributed by atoms with van der Waals surface area (Å²) in [5.41, 5.74) is 2.58. The van der Waals surface area contributed by atoms with Crippen molar-refractivity contribution >= 4 is 25.8 Å². The van der Waals surface area contributed by atoms with Gasteiger partial charge < -0.3 is 0 Å². The average Bonchev–Trinajstić information content (AvgIpc) is 2.81. The Labute approximate surface area is 193 Å². The zero-order valence-electron chi connectivity index (χ0n) is 17.4. The summed E-state index contributed by atoms with van der Waals surface area (Å²) < 4.78 is 26.2. The predicted molar refractivity (Wildman–Crippen MR) is 129 cm³/mol. The summed E-state index contributed by atoms with van der Waals surface area (Å²) in [5, 5.41) is 0. The smallest absolute Gasteiger partial charge is 0.179 e. The minimum absolute atomic E-state index is 0.148. The molecule has 0 saturated carbocycles. The third-order valence-electron chi connectivity index (χ3n) is 5.85. The Morgan fingerprint density at radius 1 is 0.742 bits per heavy atom. The first-order chi connectivity index (χ1) is 15.0. The molecule has 0 N–H and O–H groups in total. The van der Waals surface area contributed by atoms with Crippen molar-refractivity contribution in [3.63, 3.8) is 0 Å². The van der Waals surface area contributed by atoms with Crippen molar-refractivity contribution in [1.29, 1.82) is 0 Å². The van der Waals surface area contributed by atoms with Crippen LogP contribution in [-0.4, -0.2) is 56.7 Å². The molecule has 3 aromatic rings. The lowest BCUT2D eigenvalue weighted by Crippen LogP contribution is -2.48. The maximum absolute atomic E-state index is 12.7. The van der Waals surface area contributed by atoms with Gasteiger partial charge in [0.2, 0.25) is 0 Å². The standard InChI is InChI=1S/C25H27BrN2O2S/c26-23-11-13-24(14-12-23)31(29,30)20-19-27-15-17-28(18-16-27)25(21-7-3-1-4-8-21)22-9-5-2-6-10-22/h1-14,25H,15-20H2. The number of halogens is 1. The minimum atomic E-state index is -3.27. The van der Waals surface area contributed by atoms with E-state index in [1.165, 1.54) is 11.1 Å². The van der Waals surface area contributed by atoms with Gasteiger partial charge in [-0.05, 0) is 35.4 Å². The van der Waals surface area contributed by atoms with Crippen LogP contribution in [0.4, 0.5) is 0 Å². The molecule has 4 rings (SSSR count). The summed E-state index contributed by atoms with van der Waals surface area (Å²) in [6, 6.07) is 28.3. The molecular weight excluding hydrogens is 472 g/mol. The molecule has 6 heteroatoms. The lowest BCUT2D eigenvalue weighted by molar-refractivity contribution is 0.114. The lowest BCUT2D eigenvalue weighted by atomic mass is 9.96. The fourth-order valence-electron chi connectivity index (χ4n) is 4.14. The molecule has 31 heavy (non-hydrogen) atoms. The van der Waals surface area contributed by atoms with Crippen LogP contribution in [0, 0.1) is 0 Å². The van der Waals surface area contributed by atoms with Crippen LogP contribution in [0.25, 0.3) is 0 Å². The van der Waals surface area contributed by atoms with Crippen LogP contribution < -0.4 is 0 Å². The van der Waals surface area contributed by atoms with Gasteiger partial charge in [-0.25, -0.2) is 8.42 Å². The summed E-state index contributed by atoms with van der Waals surface area (Å²) in [6.45, 7) is 4.12. The topological polar surface area (TPSA) is 40.6 Å². The number of benzene rings is 3. The van der Waals surface area contributed by atoms with Gasteiger partial charge >= 0.3 is 0 Å². The van der Waals surface area contributed by atoms with E-state index >= 15 is 0 Å². The van der Waals surface area contributed by atoms with Crippen LogP contribution in [0.15, 0.2) is 94.3 Å². The Morgan fingerprint density at radius 2 is 1.26 bits per heavy atom. The Bertz CT molecular complexity index is 1030. The number of hydrogen-bond donors (Lipinski definition) is 0. The molecular formula is C25H27BrN2O2S. The van der Waals surface area contributed by atoms with E-state index in [0.717, 1.165) is 30.7 Å². The summed E-state index contributed by atoms with van der Waals surface area (Å²) in [6.07, 6.45) is 0. The molecule has 1 saturated heterocycles. The average molecular weight is 499 g/mol. The van der Waals surface area contributed by atoms with E-state index in [1.54, 1.807) is 24.3 Å². The summed E-state index contributed by atoms with van der Waals surface area (Å²) in [5.74, 6) is 0.148. The lowest BCUT2D eigenvalue weighted by Gasteiger charge is -2.39.